The van der Waals surface area contributed by atoms with Crippen molar-refractivity contribution in [2.24, 2.45) is 0 Å². The van der Waals surface area contributed by atoms with Gasteiger partial charge in [0, 0.05) is 11.6 Å². The fourth-order valence-electron chi connectivity index (χ4n) is 1.87. The van der Waals surface area contributed by atoms with Crippen molar-refractivity contribution in [3.63, 3.8) is 0 Å². The Morgan fingerprint density at radius 3 is 2.74 bits per heavy atom. The van der Waals surface area contributed by atoms with Crippen LogP contribution < -0.4 is 0 Å². The van der Waals surface area contributed by atoms with Gasteiger partial charge in [-0.3, -0.25) is 4.90 Å². The molecule has 2 aromatic rings. The molecule has 0 bridgehead atoms. The van der Waals surface area contributed by atoms with Crippen LogP contribution >= 0.6 is 11.6 Å². The average Bonchev–Trinajstić information content (AvgIpc) is 2.80. The van der Waals surface area contributed by atoms with Crippen molar-refractivity contribution in [1.29, 1.82) is 0 Å². The van der Waals surface area contributed by atoms with Crippen molar-refractivity contribution in [2.45, 2.75) is 13.1 Å². The Morgan fingerprint density at radius 2 is 2.05 bits per heavy atom. The Kier molecular flexibility index (Phi) is 4.24. The molecule has 4 nitrogen and oxygen atoms in total. The minimum absolute atomic E-state index is 0.200. The summed E-state index contributed by atoms with van der Waals surface area (Å²) in [5, 5.41) is 9.70. The van der Waals surface area contributed by atoms with E-state index in [1.807, 2.05) is 36.2 Å². The summed E-state index contributed by atoms with van der Waals surface area (Å²) in [5.41, 5.74) is 1.20. The number of rotatable bonds is 5. The van der Waals surface area contributed by atoms with Gasteiger partial charge in [0.1, 0.15) is 11.3 Å². The topological polar surface area (TPSA) is 53.7 Å². The zero-order valence-corrected chi connectivity index (χ0v) is 11.2. The Morgan fingerprint density at radius 1 is 1.32 bits per heavy atom. The average molecular weight is 280 g/mol. The Hall–Kier alpha value is -1.78. The van der Waals surface area contributed by atoms with Gasteiger partial charge in [0.15, 0.2) is 0 Å². The number of hydrogen-bond acceptors (Lipinski definition) is 3. The molecule has 0 saturated carbocycles. The van der Waals surface area contributed by atoms with Gasteiger partial charge in [0.05, 0.1) is 12.8 Å². The summed E-state index contributed by atoms with van der Waals surface area (Å²) >= 11 is 6.09. The fourth-order valence-corrected chi connectivity index (χ4v) is 2.07. The summed E-state index contributed by atoms with van der Waals surface area (Å²) in [6.45, 7) is 1.04. The van der Waals surface area contributed by atoms with Crippen LogP contribution in [0.4, 0.5) is 0 Å². The van der Waals surface area contributed by atoms with Crippen molar-refractivity contribution in [1.82, 2.24) is 4.90 Å². The third-order valence-corrected chi connectivity index (χ3v) is 3.16. The second-order valence-electron chi connectivity index (χ2n) is 4.33. The lowest BCUT2D eigenvalue weighted by molar-refractivity contribution is 0.0693. The van der Waals surface area contributed by atoms with Crippen LogP contribution in [0.15, 0.2) is 41.0 Å². The highest BCUT2D eigenvalue weighted by Crippen LogP contribution is 2.18. The highest BCUT2D eigenvalue weighted by atomic mass is 35.5. The predicted octanol–water partition coefficient (Wildman–Crippen LogP) is 3.26. The van der Waals surface area contributed by atoms with Crippen LogP contribution in [0, 0.1) is 0 Å². The van der Waals surface area contributed by atoms with Gasteiger partial charge < -0.3 is 9.52 Å². The van der Waals surface area contributed by atoms with Gasteiger partial charge in [-0.05, 0) is 24.7 Å². The van der Waals surface area contributed by atoms with E-state index in [1.54, 1.807) is 0 Å². The molecule has 0 aliphatic rings. The lowest BCUT2D eigenvalue weighted by atomic mass is 10.2. The van der Waals surface area contributed by atoms with E-state index < -0.39 is 5.97 Å². The SMILES string of the molecule is CN(Cc1ccccc1Cl)Cc1occc1C(=O)O. The third kappa shape index (κ3) is 3.36. The molecule has 0 amide bonds. The van der Waals surface area contributed by atoms with E-state index in [0.717, 1.165) is 5.56 Å². The monoisotopic (exact) mass is 279 g/mol. The van der Waals surface area contributed by atoms with Crippen LogP contribution in [0.1, 0.15) is 21.7 Å². The number of furan rings is 1. The molecule has 100 valence electrons. The van der Waals surface area contributed by atoms with Crippen LogP contribution in [0.2, 0.25) is 5.02 Å². The number of nitrogens with zero attached hydrogens (tertiary/aromatic N) is 1. The fraction of sp³-hybridized carbons (Fsp3) is 0.214. The maximum atomic E-state index is 11.0. The van der Waals surface area contributed by atoms with Gasteiger partial charge in [-0.15, -0.1) is 0 Å². The minimum atomic E-state index is -0.977. The number of benzene rings is 1. The molecular formula is C14H14ClNO3. The van der Waals surface area contributed by atoms with Gasteiger partial charge in [0.25, 0.3) is 0 Å². The van der Waals surface area contributed by atoms with Crippen molar-refractivity contribution in [3.05, 3.63) is 58.5 Å². The van der Waals surface area contributed by atoms with Gasteiger partial charge in [-0.25, -0.2) is 4.79 Å². The van der Waals surface area contributed by atoms with Gasteiger partial charge in [-0.2, -0.15) is 0 Å². The molecule has 0 unspecified atom stereocenters. The van der Waals surface area contributed by atoms with E-state index in [2.05, 4.69) is 0 Å². The predicted molar refractivity (Wildman–Crippen MR) is 72.3 cm³/mol. The maximum Gasteiger partial charge on any atom is 0.339 e. The zero-order chi connectivity index (χ0) is 13.8. The number of aromatic carboxylic acids is 1. The van der Waals surface area contributed by atoms with Crippen molar-refractivity contribution in [2.75, 3.05) is 7.05 Å². The number of hydrogen-bond donors (Lipinski definition) is 1. The molecule has 0 atom stereocenters. The lowest BCUT2D eigenvalue weighted by Gasteiger charge is -2.16. The molecule has 0 saturated heterocycles. The molecule has 2 rings (SSSR count). The molecule has 1 aromatic carbocycles. The van der Waals surface area contributed by atoms with E-state index in [0.29, 0.717) is 23.9 Å². The number of carboxylic acids is 1. The number of halogens is 1. The van der Waals surface area contributed by atoms with Crippen LogP contribution in [-0.4, -0.2) is 23.0 Å². The molecule has 1 heterocycles. The molecule has 0 radical (unpaired) electrons. The normalized spacial score (nSPS) is 10.9. The maximum absolute atomic E-state index is 11.0. The molecule has 1 N–H and O–H groups in total. The molecule has 1 aromatic heterocycles. The van der Waals surface area contributed by atoms with E-state index in [9.17, 15) is 4.79 Å². The molecule has 0 aliphatic carbocycles. The summed E-state index contributed by atoms with van der Waals surface area (Å²) in [6, 6.07) is 9.03. The summed E-state index contributed by atoms with van der Waals surface area (Å²) in [4.78, 5) is 12.9. The Bertz CT molecular complexity index is 580. The molecular weight excluding hydrogens is 266 g/mol. The van der Waals surface area contributed by atoms with E-state index in [1.165, 1.54) is 12.3 Å². The highest BCUT2D eigenvalue weighted by Gasteiger charge is 2.15. The standard InChI is InChI=1S/C14H14ClNO3/c1-16(8-10-4-2-3-5-12(10)15)9-13-11(14(17)18)6-7-19-13/h2-7H,8-9H2,1H3,(H,17,18). The molecule has 0 spiro atoms. The van der Waals surface area contributed by atoms with Crippen LogP contribution in [0.25, 0.3) is 0 Å². The molecule has 5 heteroatoms. The Labute approximate surface area is 116 Å². The summed E-state index contributed by atoms with van der Waals surface area (Å²) in [5.74, 6) is -0.531. The van der Waals surface area contributed by atoms with Crippen LogP contribution in [0.3, 0.4) is 0 Å². The minimum Gasteiger partial charge on any atom is -0.478 e. The molecule has 0 aliphatic heterocycles. The highest BCUT2D eigenvalue weighted by molar-refractivity contribution is 6.31. The Balaban J connectivity index is 2.06. The second-order valence-corrected chi connectivity index (χ2v) is 4.73. The quantitative estimate of drug-likeness (QED) is 0.913. The van der Waals surface area contributed by atoms with Gasteiger partial charge in [-0.1, -0.05) is 29.8 Å². The van der Waals surface area contributed by atoms with Crippen LogP contribution in [0.5, 0.6) is 0 Å². The number of carbonyl (C=O) groups is 1. The first-order valence-corrected chi connectivity index (χ1v) is 6.17. The number of carboxylic acid groups (broad SMARTS) is 1. The van der Waals surface area contributed by atoms with Crippen molar-refractivity contribution in [3.8, 4) is 0 Å². The van der Waals surface area contributed by atoms with E-state index >= 15 is 0 Å². The summed E-state index contributed by atoms with van der Waals surface area (Å²) < 4.78 is 5.21. The molecule has 19 heavy (non-hydrogen) atoms. The first-order chi connectivity index (χ1) is 9.08. The van der Waals surface area contributed by atoms with Crippen LogP contribution in [-0.2, 0) is 13.1 Å². The first kappa shape index (κ1) is 13.6. The van der Waals surface area contributed by atoms with Crippen molar-refractivity contribution < 1.29 is 14.3 Å². The van der Waals surface area contributed by atoms with E-state index in [4.69, 9.17) is 21.1 Å². The van der Waals surface area contributed by atoms with Gasteiger partial charge in [0.2, 0.25) is 0 Å². The molecule has 0 fully saturated rings. The first-order valence-electron chi connectivity index (χ1n) is 5.79. The van der Waals surface area contributed by atoms with Crippen molar-refractivity contribution >= 4 is 17.6 Å². The summed E-state index contributed by atoms with van der Waals surface area (Å²) in [7, 11) is 1.89. The zero-order valence-electron chi connectivity index (χ0n) is 10.5. The third-order valence-electron chi connectivity index (χ3n) is 2.79. The van der Waals surface area contributed by atoms with E-state index in [-0.39, 0.29) is 5.56 Å². The second kappa shape index (κ2) is 5.91. The largest absolute Gasteiger partial charge is 0.478 e. The van der Waals surface area contributed by atoms with Gasteiger partial charge >= 0.3 is 5.97 Å². The smallest absolute Gasteiger partial charge is 0.339 e. The summed E-state index contributed by atoms with van der Waals surface area (Å²) in [6.07, 6.45) is 1.39. The lowest BCUT2D eigenvalue weighted by Crippen LogP contribution is -2.18.